The SMILES string of the molecule is CCN(CC)CCNC(=NC)NCCc1ccc(OC)c(OC)c1.I. The van der Waals surface area contributed by atoms with Gasteiger partial charge in [0.15, 0.2) is 17.5 Å². The molecule has 0 aliphatic carbocycles. The molecule has 1 aromatic rings. The lowest BCUT2D eigenvalue weighted by Crippen LogP contribution is -2.42. The summed E-state index contributed by atoms with van der Waals surface area (Å²) >= 11 is 0. The summed E-state index contributed by atoms with van der Waals surface area (Å²) in [6, 6.07) is 6.00. The average Bonchev–Trinajstić information content (AvgIpc) is 2.63. The Balaban J connectivity index is 0.00000576. The number of nitrogens with zero attached hydrogens (tertiary/aromatic N) is 2. The van der Waals surface area contributed by atoms with Gasteiger partial charge in [0.1, 0.15) is 0 Å². The third-order valence-electron chi connectivity index (χ3n) is 3.99. The molecule has 1 rings (SSSR count). The van der Waals surface area contributed by atoms with Gasteiger partial charge in [0, 0.05) is 26.7 Å². The monoisotopic (exact) mass is 464 g/mol. The van der Waals surface area contributed by atoms with Crippen molar-refractivity contribution in [2.75, 3.05) is 54.0 Å². The lowest BCUT2D eigenvalue weighted by molar-refractivity contribution is 0.308. The van der Waals surface area contributed by atoms with E-state index in [4.69, 9.17) is 9.47 Å². The number of guanidine groups is 1. The van der Waals surface area contributed by atoms with Crippen molar-refractivity contribution in [2.45, 2.75) is 20.3 Å². The molecule has 6 nitrogen and oxygen atoms in total. The first-order valence-electron chi connectivity index (χ1n) is 8.56. The van der Waals surface area contributed by atoms with Crippen LogP contribution in [-0.4, -0.2) is 64.9 Å². The molecule has 0 saturated carbocycles. The van der Waals surface area contributed by atoms with Crippen molar-refractivity contribution in [1.82, 2.24) is 15.5 Å². The van der Waals surface area contributed by atoms with E-state index in [9.17, 15) is 0 Å². The Hall–Kier alpha value is -1.22. The summed E-state index contributed by atoms with van der Waals surface area (Å²) in [6.07, 6.45) is 0.886. The highest BCUT2D eigenvalue weighted by molar-refractivity contribution is 14.0. The standard InChI is InChI=1S/C18H32N4O2.HI/c1-6-22(7-2)13-12-21-18(19-3)20-11-10-15-8-9-16(23-4)17(14-15)24-5;/h8-9,14H,6-7,10-13H2,1-5H3,(H2,19,20,21);1H. The highest BCUT2D eigenvalue weighted by atomic mass is 127. The molecule has 0 aliphatic rings. The Kier molecular flexibility index (Phi) is 13.3. The minimum Gasteiger partial charge on any atom is -0.493 e. The topological polar surface area (TPSA) is 58.1 Å². The van der Waals surface area contributed by atoms with Gasteiger partial charge in [-0.3, -0.25) is 4.99 Å². The molecular weight excluding hydrogens is 431 g/mol. The number of likely N-dealkylation sites (N-methyl/N-ethyl adjacent to an activating group) is 1. The quantitative estimate of drug-likeness (QED) is 0.317. The number of ether oxygens (including phenoxy) is 2. The van der Waals surface area contributed by atoms with Crippen LogP contribution < -0.4 is 20.1 Å². The second-order valence-electron chi connectivity index (χ2n) is 5.39. The number of benzene rings is 1. The van der Waals surface area contributed by atoms with Crippen molar-refractivity contribution in [3.8, 4) is 11.5 Å². The van der Waals surface area contributed by atoms with Crippen molar-refractivity contribution >= 4 is 29.9 Å². The Morgan fingerprint density at radius 3 is 2.24 bits per heavy atom. The normalized spacial score (nSPS) is 11.0. The van der Waals surface area contributed by atoms with Gasteiger partial charge in [-0.25, -0.2) is 0 Å². The number of halogens is 1. The summed E-state index contributed by atoms with van der Waals surface area (Å²) in [6.45, 7) is 9.22. The van der Waals surface area contributed by atoms with E-state index in [0.29, 0.717) is 0 Å². The molecule has 0 unspecified atom stereocenters. The number of hydrogen-bond acceptors (Lipinski definition) is 4. The van der Waals surface area contributed by atoms with Crippen LogP contribution in [0.4, 0.5) is 0 Å². The second-order valence-corrected chi connectivity index (χ2v) is 5.39. The van der Waals surface area contributed by atoms with E-state index < -0.39 is 0 Å². The summed E-state index contributed by atoms with van der Waals surface area (Å²) in [4.78, 5) is 6.64. The molecule has 0 spiro atoms. The van der Waals surface area contributed by atoms with E-state index in [1.807, 2.05) is 12.1 Å². The van der Waals surface area contributed by atoms with Crippen LogP contribution in [0.5, 0.6) is 11.5 Å². The van der Waals surface area contributed by atoms with E-state index in [1.54, 1.807) is 21.3 Å². The minimum absolute atomic E-state index is 0. The molecule has 0 aromatic heterocycles. The molecular formula is C18H33IN4O2. The van der Waals surface area contributed by atoms with E-state index in [-0.39, 0.29) is 24.0 Å². The highest BCUT2D eigenvalue weighted by Gasteiger charge is 2.05. The molecule has 0 aliphatic heterocycles. The molecule has 25 heavy (non-hydrogen) atoms. The van der Waals surface area contributed by atoms with Gasteiger partial charge in [-0.15, -0.1) is 24.0 Å². The Morgan fingerprint density at radius 2 is 1.68 bits per heavy atom. The molecule has 0 heterocycles. The van der Waals surface area contributed by atoms with E-state index in [0.717, 1.165) is 56.6 Å². The molecule has 0 radical (unpaired) electrons. The van der Waals surface area contributed by atoms with Gasteiger partial charge in [0.25, 0.3) is 0 Å². The van der Waals surface area contributed by atoms with Gasteiger partial charge in [-0.2, -0.15) is 0 Å². The lowest BCUT2D eigenvalue weighted by atomic mass is 10.1. The van der Waals surface area contributed by atoms with Gasteiger partial charge in [-0.05, 0) is 37.2 Å². The third-order valence-corrected chi connectivity index (χ3v) is 3.99. The van der Waals surface area contributed by atoms with Crippen LogP contribution in [0.1, 0.15) is 19.4 Å². The molecule has 0 amide bonds. The molecule has 1 aromatic carbocycles. The zero-order valence-electron chi connectivity index (χ0n) is 16.1. The molecule has 144 valence electrons. The maximum Gasteiger partial charge on any atom is 0.191 e. The van der Waals surface area contributed by atoms with Crippen molar-refractivity contribution in [1.29, 1.82) is 0 Å². The first kappa shape index (κ1) is 23.8. The van der Waals surface area contributed by atoms with Gasteiger partial charge in [-0.1, -0.05) is 19.9 Å². The molecule has 0 fully saturated rings. The molecule has 0 bridgehead atoms. The minimum atomic E-state index is 0. The van der Waals surface area contributed by atoms with Gasteiger partial charge in [0.2, 0.25) is 0 Å². The van der Waals surface area contributed by atoms with E-state index in [2.05, 4.69) is 40.4 Å². The number of hydrogen-bond donors (Lipinski definition) is 2. The molecule has 0 atom stereocenters. The number of rotatable bonds is 10. The van der Waals surface area contributed by atoms with Crippen LogP contribution in [0.2, 0.25) is 0 Å². The zero-order valence-corrected chi connectivity index (χ0v) is 18.4. The van der Waals surface area contributed by atoms with Crippen molar-refractivity contribution < 1.29 is 9.47 Å². The smallest absolute Gasteiger partial charge is 0.191 e. The van der Waals surface area contributed by atoms with Crippen molar-refractivity contribution in [2.24, 2.45) is 4.99 Å². The zero-order chi connectivity index (χ0) is 17.8. The second kappa shape index (κ2) is 14.0. The molecule has 7 heteroatoms. The fraction of sp³-hybridized carbons (Fsp3) is 0.611. The Morgan fingerprint density at radius 1 is 1.04 bits per heavy atom. The van der Waals surface area contributed by atoms with Crippen LogP contribution >= 0.6 is 24.0 Å². The first-order valence-corrected chi connectivity index (χ1v) is 8.56. The molecule has 2 N–H and O–H groups in total. The van der Waals surface area contributed by atoms with Gasteiger partial charge in [0.05, 0.1) is 14.2 Å². The number of nitrogens with one attached hydrogen (secondary N) is 2. The third kappa shape index (κ3) is 8.62. The maximum absolute atomic E-state index is 5.34. The number of aliphatic imine (C=N–C) groups is 1. The first-order chi connectivity index (χ1) is 11.7. The van der Waals surface area contributed by atoms with Crippen LogP contribution in [0.3, 0.4) is 0 Å². The lowest BCUT2D eigenvalue weighted by Gasteiger charge is -2.19. The fourth-order valence-electron chi connectivity index (χ4n) is 2.45. The van der Waals surface area contributed by atoms with Crippen molar-refractivity contribution in [3.05, 3.63) is 23.8 Å². The Bertz CT molecular complexity index is 508. The predicted octanol–water partition coefficient (Wildman–Crippen LogP) is 2.37. The van der Waals surface area contributed by atoms with Crippen LogP contribution in [0.15, 0.2) is 23.2 Å². The van der Waals surface area contributed by atoms with Crippen LogP contribution in [0, 0.1) is 0 Å². The summed E-state index contributed by atoms with van der Waals surface area (Å²) in [5.74, 6) is 2.35. The van der Waals surface area contributed by atoms with Gasteiger partial charge >= 0.3 is 0 Å². The summed E-state index contributed by atoms with van der Waals surface area (Å²) in [5, 5.41) is 6.69. The predicted molar refractivity (Wildman–Crippen MR) is 116 cm³/mol. The molecule has 0 saturated heterocycles. The average molecular weight is 464 g/mol. The summed E-state index contributed by atoms with van der Waals surface area (Å²) < 4.78 is 10.6. The van der Waals surface area contributed by atoms with Crippen LogP contribution in [0.25, 0.3) is 0 Å². The largest absolute Gasteiger partial charge is 0.493 e. The van der Waals surface area contributed by atoms with E-state index >= 15 is 0 Å². The van der Waals surface area contributed by atoms with Crippen LogP contribution in [-0.2, 0) is 6.42 Å². The number of methoxy groups -OCH3 is 2. The van der Waals surface area contributed by atoms with Crippen molar-refractivity contribution in [3.63, 3.8) is 0 Å². The van der Waals surface area contributed by atoms with E-state index in [1.165, 1.54) is 5.56 Å². The summed E-state index contributed by atoms with van der Waals surface area (Å²) in [7, 11) is 5.09. The van der Waals surface area contributed by atoms with Gasteiger partial charge < -0.3 is 25.0 Å². The summed E-state index contributed by atoms with van der Waals surface area (Å²) in [5.41, 5.74) is 1.19. The fourth-order valence-corrected chi connectivity index (χ4v) is 2.45. The Labute approximate surface area is 169 Å². The maximum atomic E-state index is 5.34. The highest BCUT2D eigenvalue weighted by Crippen LogP contribution is 2.27.